The first-order valence-corrected chi connectivity index (χ1v) is 6.21. The molecule has 0 aliphatic rings. The molecule has 0 fully saturated rings. The van der Waals surface area contributed by atoms with Gasteiger partial charge in [0.15, 0.2) is 0 Å². The lowest BCUT2D eigenvalue weighted by atomic mass is 10.4. The molecule has 82 valence electrons. The predicted molar refractivity (Wildman–Crippen MR) is 63.7 cm³/mol. The fourth-order valence-corrected chi connectivity index (χ4v) is 1.98. The molecule has 3 N–H and O–H groups in total. The summed E-state index contributed by atoms with van der Waals surface area (Å²) in [5.74, 6) is 0.104. The van der Waals surface area contributed by atoms with Crippen molar-refractivity contribution >= 4 is 33.7 Å². The number of nitrogens with two attached hydrogens (primary N) is 1. The molecule has 0 amide bonds. The van der Waals surface area contributed by atoms with Crippen molar-refractivity contribution in [2.75, 3.05) is 5.75 Å². The minimum absolute atomic E-state index is 0.396. The highest BCUT2D eigenvalue weighted by Crippen LogP contribution is 2.13. The molecule has 0 spiro atoms. The van der Waals surface area contributed by atoms with Crippen LogP contribution in [0.2, 0.25) is 0 Å². The molecule has 0 aliphatic carbocycles. The van der Waals surface area contributed by atoms with E-state index in [1.165, 1.54) is 11.8 Å². The fraction of sp³-hybridized carbons (Fsp3) is 0.333. The molecule has 0 aliphatic heterocycles. The average molecular weight is 291 g/mol. The maximum absolute atomic E-state index is 10.4. The van der Waals surface area contributed by atoms with Crippen LogP contribution >= 0.6 is 27.7 Å². The summed E-state index contributed by atoms with van der Waals surface area (Å²) in [6.45, 7) is 0. The number of carboxylic acids is 1. The maximum Gasteiger partial charge on any atom is 0.321 e. The van der Waals surface area contributed by atoms with E-state index in [4.69, 9.17) is 10.8 Å². The molecule has 0 saturated carbocycles. The predicted octanol–water partition coefficient (Wildman–Crippen LogP) is 1.49. The van der Waals surface area contributed by atoms with E-state index in [1.807, 2.05) is 12.1 Å². The Morgan fingerprint density at radius 2 is 2.40 bits per heavy atom. The van der Waals surface area contributed by atoms with Gasteiger partial charge >= 0.3 is 5.97 Å². The normalized spacial score (nSPS) is 12.4. The van der Waals surface area contributed by atoms with Gasteiger partial charge in [0.25, 0.3) is 0 Å². The molecule has 1 atom stereocenters. The van der Waals surface area contributed by atoms with Crippen LogP contribution in [0.25, 0.3) is 0 Å². The minimum atomic E-state index is -0.966. The van der Waals surface area contributed by atoms with Gasteiger partial charge in [0, 0.05) is 22.2 Å². The molecule has 1 heterocycles. The summed E-state index contributed by atoms with van der Waals surface area (Å²) in [5, 5.41) is 8.56. The van der Waals surface area contributed by atoms with Gasteiger partial charge in [-0.3, -0.25) is 9.78 Å². The second-order valence-corrected chi connectivity index (χ2v) is 4.87. The number of thioether (sulfide) groups is 1. The van der Waals surface area contributed by atoms with E-state index < -0.39 is 12.0 Å². The summed E-state index contributed by atoms with van der Waals surface area (Å²) >= 11 is 4.75. The number of carboxylic acid groups (broad SMARTS) is 1. The smallest absolute Gasteiger partial charge is 0.321 e. The van der Waals surface area contributed by atoms with Crippen LogP contribution in [0.5, 0.6) is 0 Å². The molecule has 0 aromatic carbocycles. The zero-order valence-electron chi connectivity index (χ0n) is 7.89. The van der Waals surface area contributed by atoms with Gasteiger partial charge in [0.2, 0.25) is 0 Å². The molecule has 4 nitrogen and oxygen atoms in total. The van der Waals surface area contributed by atoms with E-state index in [1.54, 1.807) is 6.20 Å². The van der Waals surface area contributed by atoms with E-state index in [0.29, 0.717) is 11.5 Å². The molecular formula is C9H11BrN2O2S. The van der Waals surface area contributed by atoms with Crippen LogP contribution in [-0.4, -0.2) is 27.9 Å². The number of hydrogen-bond acceptors (Lipinski definition) is 4. The summed E-state index contributed by atoms with van der Waals surface area (Å²) in [6, 6.07) is 2.99. The van der Waals surface area contributed by atoms with Crippen molar-refractivity contribution in [2.24, 2.45) is 5.73 Å². The van der Waals surface area contributed by atoms with Crippen molar-refractivity contribution in [1.82, 2.24) is 4.98 Å². The Morgan fingerprint density at radius 3 is 2.93 bits per heavy atom. The van der Waals surface area contributed by atoms with Gasteiger partial charge in [-0.2, -0.15) is 11.8 Å². The minimum Gasteiger partial charge on any atom is -0.480 e. The van der Waals surface area contributed by atoms with Crippen molar-refractivity contribution in [3.63, 3.8) is 0 Å². The molecule has 0 radical (unpaired) electrons. The van der Waals surface area contributed by atoms with Crippen molar-refractivity contribution in [3.05, 3.63) is 28.5 Å². The standard InChI is InChI=1S/C9H11BrN2O2S/c10-6-1-2-7(12-3-6)4-15-5-8(11)9(13)14/h1-3,8H,4-5,11H2,(H,13,14)/t8-/m1/s1. The van der Waals surface area contributed by atoms with Gasteiger partial charge in [-0.25, -0.2) is 0 Å². The van der Waals surface area contributed by atoms with Crippen molar-refractivity contribution in [2.45, 2.75) is 11.8 Å². The first-order valence-electron chi connectivity index (χ1n) is 4.26. The van der Waals surface area contributed by atoms with Gasteiger partial charge in [-0.1, -0.05) is 0 Å². The quantitative estimate of drug-likeness (QED) is 0.859. The topological polar surface area (TPSA) is 76.2 Å². The third kappa shape index (κ3) is 4.63. The van der Waals surface area contributed by atoms with Gasteiger partial charge < -0.3 is 10.8 Å². The van der Waals surface area contributed by atoms with Crippen LogP contribution in [0.4, 0.5) is 0 Å². The fourth-order valence-electron chi connectivity index (χ4n) is 0.854. The Balaban J connectivity index is 2.32. The third-order valence-corrected chi connectivity index (χ3v) is 3.22. The Hall–Kier alpha value is -0.590. The Morgan fingerprint density at radius 1 is 1.67 bits per heavy atom. The van der Waals surface area contributed by atoms with E-state index in [0.717, 1.165) is 10.2 Å². The van der Waals surface area contributed by atoms with E-state index in [9.17, 15) is 4.79 Å². The maximum atomic E-state index is 10.4. The third-order valence-electron chi connectivity index (χ3n) is 1.65. The molecule has 1 aromatic rings. The number of pyridine rings is 1. The SMILES string of the molecule is N[C@H](CSCc1ccc(Br)cn1)C(=O)O. The monoisotopic (exact) mass is 290 g/mol. The largest absolute Gasteiger partial charge is 0.480 e. The second kappa shape index (κ2) is 6.09. The van der Waals surface area contributed by atoms with E-state index >= 15 is 0 Å². The summed E-state index contributed by atoms with van der Waals surface area (Å²) < 4.78 is 0.929. The highest BCUT2D eigenvalue weighted by atomic mass is 79.9. The zero-order chi connectivity index (χ0) is 11.3. The average Bonchev–Trinajstić information content (AvgIpc) is 2.20. The van der Waals surface area contributed by atoms with Crippen molar-refractivity contribution < 1.29 is 9.90 Å². The molecule has 0 bridgehead atoms. The molecule has 1 aromatic heterocycles. The van der Waals surface area contributed by atoms with E-state index in [-0.39, 0.29) is 0 Å². The number of hydrogen-bond donors (Lipinski definition) is 2. The summed E-state index contributed by atoms with van der Waals surface area (Å²) in [4.78, 5) is 14.6. The zero-order valence-corrected chi connectivity index (χ0v) is 10.3. The summed E-state index contributed by atoms with van der Waals surface area (Å²) in [6.07, 6.45) is 1.72. The summed E-state index contributed by atoms with van der Waals surface area (Å²) in [5.41, 5.74) is 6.27. The van der Waals surface area contributed by atoms with Crippen LogP contribution in [0, 0.1) is 0 Å². The van der Waals surface area contributed by atoms with Gasteiger partial charge in [0.05, 0.1) is 5.69 Å². The highest BCUT2D eigenvalue weighted by Gasteiger charge is 2.10. The Kier molecular flexibility index (Phi) is 5.07. The van der Waals surface area contributed by atoms with Gasteiger partial charge in [-0.05, 0) is 28.1 Å². The Labute approximate surface area is 100 Å². The Bertz CT molecular complexity index is 331. The lowest BCUT2D eigenvalue weighted by molar-refractivity contribution is -0.137. The lowest BCUT2D eigenvalue weighted by Crippen LogP contribution is -2.32. The van der Waals surface area contributed by atoms with Crippen LogP contribution in [0.3, 0.4) is 0 Å². The number of aromatic nitrogens is 1. The van der Waals surface area contributed by atoms with Gasteiger partial charge in [0.1, 0.15) is 6.04 Å². The molecule has 1 rings (SSSR count). The molecule has 6 heteroatoms. The number of nitrogens with zero attached hydrogens (tertiary/aromatic N) is 1. The van der Waals surface area contributed by atoms with Crippen molar-refractivity contribution in [3.8, 4) is 0 Å². The summed E-state index contributed by atoms with van der Waals surface area (Å²) in [7, 11) is 0. The van der Waals surface area contributed by atoms with Crippen LogP contribution < -0.4 is 5.73 Å². The first kappa shape index (κ1) is 12.5. The number of rotatable bonds is 5. The molecule has 0 saturated heterocycles. The van der Waals surface area contributed by atoms with Crippen LogP contribution in [0.15, 0.2) is 22.8 Å². The molecule has 15 heavy (non-hydrogen) atoms. The number of halogens is 1. The molecular weight excluding hydrogens is 280 g/mol. The highest BCUT2D eigenvalue weighted by molar-refractivity contribution is 9.10. The second-order valence-electron chi connectivity index (χ2n) is 2.93. The number of aliphatic carboxylic acids is 1. The van der Waals surface area contributed by atoms with E-state index in [2.05, 4.69) is 20.9 Å². The van der Waals surface area contributed by atoms with Crippen LogP contribution in [0.1, 0.15) is 5.69 Å². The van der Waals surface area contributed by atoms with Gasteiger partial charge in [-0.15, -0.1) is 0 Å². The lowest BCUT2D eigenvalue weighted by Gasteiger charge is -2.05. The first-order chi connectivity index (χ1) is 7.09. The number of carbonyl (C=O) groups is 1. The molecule has 0 unspecified atom stereocenters. The van der Waals surface area contributed by atoms with Crippen LogP contribution in [-0.2, 0) is 10.5 Å². The van der Waals surface area contributed by atoms with Crippen molar-refractivity contribution in [1.29, 1.82) is 0 Å².